The fraction of sp³-hybridized carbons (Fsp3) is 0.179. The van der Waals surface area contributed by atoms with Gasteiger partial charge in [-0.3, -0.25) is 0 Å². The number of benzene rings is 3. The van der Waals surface area contributed by atoms with Gasteiger partial charge in [0.1, 0.15) is 0 Å². The van der Waals surface area contributed by atoms with E-state index in [2.05, 4.69) is 89.9 Å². The molecule has 33 heavy (non-hydrogen) atoms. The van der Waals surface area contributed by atoms with E-state index in [0.29, 0.717) is 6.54 Å². The number of hydrogen-bond donors (Lipinski definition) is 1. The predicted molar refractivity (Wildman–Crippen MR) is 136 cm³/mol. The third-order valence-corrected chi connectivity index (χ3v) is 7.02. The second-order valence-corrected chi connectivity index (χ2v) is 9.36. The molecule has 5 heteroatoms. The van der Waals surface area contributed by atoms with E-state index in [1.54, 1.807) is 11.8 Å². The molecule has 1 atom stereocenters. The Hall–Kier alpha value is -3.44. The fourth-order valence-electron chi connectivity index (χ4n) is 4.62. The van der Waals surface area contributed by atoms with Crippen LogP contribution in [-0.4, -0.2) is 21.8 Å². The molecular formula is C28H27N3OS. The molecule has 1 aliphatic rings. The molecule has 0 spiro atoms. The first-order valence-electron chi connectivity index (χ1n) is 11.1. The third kappa shape index (κ3) is 4.05. The molecule has 4 nitrogen and oxygen atoms in total. The number of nitrogens with zero attached hydrogens (tertiary/aromatic N) is 2. The van der Waals surface area contributed by atoms with Gasteiger partial charge in [-0.25, -0.2) is 4.79 Å². The Labute approximate surface area is 199 Å². The number of aromatic nitrogens is 1. The number of urea groups is 1. The van der Waals surface area contributed by atoms with E-state index in [-0.39, 0.29) is 12.1 Å². The summed E-state index contributed by atoms with van der Waals surface area (Å²) in [4.78, 5) is 17.0. The van der Waals surface area contributed by atoms with E-state index in [0.717, 1.165) is 33.8 Å². The lowest BCUT2D eigenvalue weighted by Crippen LogP contribution is -2.38. The monoisotopic (exact) mass is 453 g/mol. The Morgan fingerprint density at radius 2 is 1.76 bits per heavy atom. The largest absolute Gasteiger partial charge is 0.322 e. The van der Waals surface area contributed by atoms with E-state index in [1.165, 1.54) is 10.5 Å². The lowest BCUT2D eigenvalue weighted by molar-refractivity contribution is 0.194. The fourth-order valence-corrected chi connectivity index (χ4v) is 5.03. The molecule has 0 aliphatic carbocycles. The van der Waals surface area contributed by atoms with Crippen molar-refractivity contribution in [2.45, 2.75) is 31.3 Å². The first-order chi connectivity index (χ1) is 16.0. The molecule has 0 saturated carbocycles. The van der Waals surface area contributed by atoms with Gasteiger partial charge in [0, 0.05) is 22.5 Å². The van der Waals surface area contributed by atoms with Crippen LogP contribution in [0.4, 0.5) is 10.5 Å². The molecule has 1 N–H and O–H groups in total. The van der Waals surface area contributed by atoms with Crippen molar-refractivity contribution in [1.29, 1.82) is 0 Å². The maximum absolute atomic E-state index is 13.8. The molecule has 0 fully saturated rings. The molecule has 1 aliphatic heterocycles. The van der Waals surface area contributed by atoms with Crippen LogP contribution in [0.2, 0.25) is 0 Å². The van der Waals surface area contributed by atoms with Crippen LogP contribution in [0.15, 0.2) is 90.0 Å². The number of carbonyl (C=O) groups is 1. The first kappa shape index (κ1) is 21.4. The molecular weight excluding hydrogens is 426 g/mol. The molecule has 4 aromatic rings. The van der Waals surface area contributed by atoms with Crippen LogP contribution in [0, 0.1) is 13.8 Å². The molecule has 1 aromatic heterocycles. The van der Waals surface area contributed by atoms with Gasteiger partial charge in [-0.2, -0.15) is 0 Å². The molecule has 0 saturated heterocycles. The number of aryl methyl sites for hydroxylation is 2. The summed E-state index contributed by atoms with van der Waals surface area (Å²) in [6.07, 6.45) is 4.16. The van der Waals surface area contributed by atoms with E-state index < -0.39 is 0 Å². The van der Waals surface area contributed by atoms with Crippen molar-refractivity contribution in [1.82, 2.24) is 9.47 Å². The number of thioether (sulfide) groups is 1. The van der Waals surface area contributed by atoms with E-state index >= 15 is 0 Å². The molecule has 2 heterocycles. The zero-order chi connectivity index (χ0) is 22.9. The Morgan fingerprint density at radius 3 is 2.52 bits per heavy atom. The minimum absolute atomic E-state index is 0.106. The highest BCUT2D eigenvalue weighted by molar-refractivity contribution is 7.98. The number of nitrogens with one attached hydrogen (secondary N) is 1. The molecule has 1 unspecified atom stereocenters. The van der Waals surface area contributed by atoms with Gasteiger partial charge >= 0.3 is 6.03 Å². The number of rotatable bonds is 3. The summed E-state index contributed by atoms with van der Waals surface area (Å²) >= 11 is 1.72. The van der Waals surface area contributed by atoms with Gasteiger partial charge in [0.25, 0.3) is 0 Å². The van der Waals surface area contributed by atoms with Crippen molar-refractivity contribution < 1.29 is 4.79 Å². The summed E-state index contributed by atoms with van der Waals surface area (Å²) in [6.45, 7) is 4.61. The van der Waals surface area contributed by atoms with Crippen molar-refractivity contribution in [3.05, 3.63) is 113 Å². The molecule has 3 aromatic carbocycles. The average Bonchev–Trinajstić information content (AvgIpc) is 3.25. The lowest BCUT2D eigenvalue weighted by atomic mass is 10.0. The van der Waals surface area contributed by atoms with Gasteiger partial charge in [-0.05, 0) is 73.2 Å². The number of amides is 2. The lowest BCUT2D eigenvalue weighted by Gasteiger charge is -2.31. The van der Waals surface area contributed by atoms with Crippen molar-refractivity contribution in [3.8, 4) is 5.69 Å². The summed E-state index contributed by atoms with van der Waals surface area (Å²) in [5.41, 5.74) is 7.49. The van der Waals surface area contributed by atoms with E-state index in [4.69, 9.17) is 0 Å². The van der Waals surface area contributed by atoms with Gasteiger partial charge in [0.05, 0.1) is 18.3 Å². The number of para-hydroxylation sites is 1. The van der Waals surface area contributed by atoms with Crippen LogP contribution in [0.5, 0.6) is 0 Å². The van der Waals surface area contributed by atoms with Crippen molar-refractivity contribution in [2.24, 2.45) is 0 Å². The predicted octanol–water partition coefficient (Wildman–Crippen LogP) is 6.95. The van der Waals surface area contributed by atoms with Crippen LogP contribution in [0.1, 0.15) is 34.0 Å². The van der Waals surface area contributed by atoms with E-state index in [9.17, 15) is 4.79 Å². The van der Waals surface area contributed by atoms with Gasteiger partial charge in [0.15, 0.2) is 0 Å². The highest BCUT2D eigenvalue weighted by atomic mass is 32.2. The Bertz CT molecular complexity index is 1310. The molecule has 2 amide bonds. The van der Waals surface area contributed by atoms with E-state index in [1.807, 2.05) is 30.0 Å². The third-order valence-electron chi connectivity index (χ3n) is 6.28. The summed E-state index contributed by atoms with van der Waals surface area (Å²) in [5, 5.41) is 3.18. The van der Waals surface area contributed by atoms with Crippen LogP contribution in [0.25, 0.3) is 5.69 Å². The molecule has 0 radical (unpaired) electrons. The SMILES string of the molecule is CSc1ccc(C2c3cccn3-c3ccccc3CN2C(=O)Nc2ccc(C)cc2C)cc1. The first-order valence-corrected chi connectivity index (χ1v) is 12.3. The maximum Gasteiger partial charge on any atom is 0.322 e. The Balaban J connectivity index is 1.62. The standard InChI is InChI=1S/C28H27N3OS/c1-19-10-15-24(20(2)17-19)29-28(32)31-18-22-7-4-5-8-25(22)30-16-6-9-26(30)27(31)21-11-13-23(33-3)14-12-21/h4-17,27H,18H2,1-3H3,(H,29,32). The smallest absolute Gasteiger partial charge is 0.318 e. The Kier molecular flexibility index (Phi) is 5.73. The molecule has 166 valence electrons. The van der Waals surface area contributed by atoms with Crippen LogP contribution in [-0.2, 0) is 6.54 Å². The van der Waals surface area contributed by atoms with Crippen molar-refractivity contribution >= 4 is 23.5 Å². The minimum atomic E-state index is -0.214. The maximum atomic E-state index is 13.8. The van der Waals surface area contributed by atoms with Crippen LogP contribution in [0.3, 0.4) is 0 Å². The van der Waals surface area contributed by atoms with Gasteiger partial charge in [0.2, 0.25) is 0 Å². The highest BCUT2D eigenvalue weighted by Crippen LogP contribution is 2.37. The Morgan fingerprint density at radius 1 is 0.970 bits per heavy atom. The minimum Gasteiger partial charge on any atom is -0.318 e. The second kappa shape index (κ2) is 8.83. The number of fused-ring (bicyclic) bond motifs is 3. The van der Waals surface area contributed by atoms with Gasteiger partial charge in [-0.1, -0.05) is 48.0 Å². The zero-order valence-corrected chi connectivity index (χ0v) is 19.9. The van der Waals surface area contributed by atoms with Crippen LogP contribution >= 0.6 is 11.8 Å². The quantitative estimate of drug-likeness (QED) is 0.341. The number of anilines is 1. The van der Waals surface area contributed by atoms with Crippen molar-refractivity contribution in [3.63, 3.8) is 0 Å². The summed E-state index contributed by atoms with van der Waals surface area (Å²) in [6, 6.07) is 26.8. The summed E-state index contributed by atoms with van der Waals surface area (Å²) < 4.78 is 2.22. The molecule has 5 rings (SSSR count). The average molecular weight is 454 g/mol. The summed E-state index contributed by atoms with van der Waals surface area (Å²) in [7, 11) is 0. The molecule has 0 bridgehead atoms. The zero-order valence-electron chi connectivity index (χ0n) is 19.1. The number of hydrogen-bond acceptors (Lipinski definition) is 2. The number of carbonyl (C=O) groups excluding carboxylic acids is 1. The summed E-state index contributed by atoms with van der Waals surface area (Å²) in [5.74, 6) is 0. The van der Waals surface area contributed by atoms with Gasteiger partial charge in [-0.15, -0.1) is 11.8 Å². The van der Waals surface area contributed by atoms with Crippen molar-refractivity contribution in [2.75, 3.05) is 11.6 Å². The van der Waals surface area contributed by atoms with Gasteiger partial charge < -0.3 is 14.8 Å². The normalized spacial score (nSPS) is 14.9. The van der Waals surface area contributed by atoms with Crippen LogP contribution < -0.4 is 5.32 Å². The topological polar surface area (TPSA) is 37.3 Å². The highest BCUT2D eigenvalue weighted by Gasteiger charge is 2.33. The second-order valence-electron chi connectivity index (χ2n) is 8.48.